The third-order valence-electron chi connectivity index (χ3n) is 6.15. The largest absolute Gasteiger partial charge is 0.396 e. The van der Waals surface area contributed by atoms with Gasteiger partial charge in [-0.1, -0.05) is 43.8 Å². The van der Waals surface area contributed by atoms with Crippen LogP contribution in [0.5, 0.6) is 0 Å². The van der Waals surface area contributed by atoms with Crippen molar-refractivity contribution in [3.05, 3.63) is 77.1 Å². The second-order valence-electron chi connectivity index (χ2n) is 8.76. The molecule has 194 valence electrons. The summed E-state index contributed by atoms with van der Waals surface area (Å²) in [4.78, 5) is 26.6. The lowest BCUT2D eigenvalue weighted by Gasteiger charge is -2.20. The standard InChI is InChI=1S/C26H24ClF3N3O3P/c1-37(2)21-6-4-3-5-16(21)17-8-10-20(23(30)22(17)29)33-12-14(13-34)24(25(33)35)32-26(36)31-19-9-7-15(27)11-18(19)28/h3-11,14,24,34H,12-13H2,1-2H3,(H2,31,32,36). The van der Waals surface area contributed by atoms with Gasteiger partial charge in [0.15, 0.2) is 11.6 Å². The van der Waals surface area contributed by atoms with Gasteiger partial charge in [0.2, 0.25) is 5.91 Å². The van der Waals surface area contributed by atoms with E-state index in [2.05, 4.69) is 10.6 Å². The molecular weight excluding hydrogens is 526 g/mol. The van der Waals surface area contributed by atoms with E-state index in [0.29, 0.717) is 5.56 Å². The van der Waals surface area contributed by atoms with Crippen molar-refractivity contribution in [3.63, 3.8) is 0 Å². The molecule has 1 aliphatic heterocycles. The number of anilines is 2. The maximum atomic E-state index is 15.3. The molecule has 0 saturated carbocycles. The monoisotopic (exact) mass is 549 g/mol. The van der Waals surface area contributed by atoms with E-state index in [1.54, 1.807) is 12.1 Å². The molecule has 0 radical (unpaired) electrons. The van der Waals surface area contributed by atoms with Gasteiger partial charge in [0.05, 0.1) is 18.0 Å². The van der Waals surface area contributed by atoms with Crippen LogP contribution in [0.25, 0.3) is 11.1 Å². The highest BCUT2D eigenvalue weighted by Gasteiger charge is 2.43. The Bertz CT molecular complexity index is 1360. The summed E-state index contributed by atoms with van der Waals surface area (Å²) < 4.78 is 44.6. The van der Waals surface area contributed by atoms with Gasteiger partial charge in [0.1, 0.15) is 11.9 Å². The minimum absolute atomic E-state index is 0.0810. The Morgan fingerprint density at radius 2 is 1.81 bits per heavy atom. The number of nitrogens with zero attached hydrogens (tertiary/aromatic N) is 1. The zero-order chi connectivity index (χ0) is 26.9. The van der Waals surface area contributed by atoms with Gasteiger partial charge in [-0.3, -0.25) is 4.79 Å². The fourth-order valence-corrected chi connectivity index (χ4v) is 5.52. The van der Waals surface area contributed by atoms with Gasteiger partial charge < -0.3 is 20.6 Å². The molecule has 0 spiro atoms. The van der Waals surface area contributed by atoms with Gasteiger partial charge in [-0.05, 0) is 54.5 Å². The lowest BCUT2D eigenvalue weighted by atomic mass is 10.0. The number of rotatable bonds is 6. The van der Waals surface area contributed by atoms with Crippen LogP contribution < -0.4 is 20.8 Å². The average molecular weight is 550 g/mol. The Labute approximate surface area is 218 Å². The second kappa shape index (κ2) is 11.1. The number of hydrogen-bond acceptors (Lipinski definition) is 3. The Balaban J connectivity index is 1.58. The molecule has 0 bridgehead atoms. The highest BCUT2D eigenvalue weighted by Crippen LogP contribution is 2.36. The first kappa shape index (κ1) is 26.9. The lowest BCUT2D eigenvalue weighted by molar-refractivity contribution is -0.119. The van der Waals surface area contributed by atoms with E-state index in [1.807, 2.05) is 25.5 Å². The van der Waals surface area contributed by atoms with Crippen LogP contribution in [-0.2, 0) is 4.79 Å². The Kier molecular flexibility index (Phi) is 8.07. The first-order valence-electron chi connectivity index (χ1n) is 11.3. The van der Waals surface area contributed by atoms with E-state index in [1.165, 1.54) is 24.3 Å². The topological polar surface area (TPSA) is 81.7 Å². The summed E-state index contributed by atoms with van der Waals surface area (Å²) in [6, 6.07) is 11.4. The molecule has 11 heteroatoms. The van der Waals surface area contributed by atoms with Crippen molar-refractivity contribution in [3.8, 4) is 11.1 Å². The Morgan fingerprint density at radius 3 is 2.49 bits per heavy atom. The number of amides is 3. The Morgan fingerprint density at radius 1 is 1.08 bits per heavy atom. The Hall–Kier alpha value is -3.13. The molecule has 0 aromatic heterocycles. The number of carbonyl (C=O) groups excluding carboxylic acids is 2. The van der Waals surface area contributed by atoms with Crippen LogP contribution >= 0.6 is 19.5 Å². The van der Waals surface area contributed by atoms with E-state index in [9.17, 15) is 19.1 Å². The maximum Gasteiger partial charge on any atom is 0.319 e. The van der Waals surface area contributed by atoms with Crippen molar-refractivity contribution in [1.29, 1.82) is 0 Å². The van der Waals surface area contributed by atoms with Crippen LogP contribution in [0.1, 0.15) is 0 Å². The van der Waals surface area contributed by atoms with Gasteiger partial charge in [-0.25, -0.2) is 18.0 Å². The molecule has 3 N–H and O–H groups in total. The molecule has 3 amide bonds. The molecule has 3 aromatic carbocycles. The quantitative estimate of drug-likeness (QED) is 0.381. The SMILES string of the molecule is CP(C)c1ccccc1-c1ccc(N2CC(CO)C(NC(=O)Nc3ccc(Cl)cc3F)C2=O)c(F)c1F. The summed E-state index contributed by atoms with van der Waals surface area (Å²) in [7, 11) is -0.588. The van der Waals surface area contributed by atoms with E-state index in [0.717, 1.165) is 16.3 Å². The number of aliphatic hydroxyl groups excluding tert-OH is 1. The number of carbonyl (C=O) groups is 2. The van der Waals surface area contributed by atoms with Crippen molar-refractivity contribution in [2.75, 3.05) is 36.7 Å². The van der Waals surface area contributed by atoms with Crippen LogP contribution in [0.4, 0.5) is 29.3 Å². The number of nitrogens with one attached hydrogen (secondary N) is 2. The number of benzene rings is 3. The van der Waals surface area contributed by atoms with Crippen molar-refractivity contribution in [2.45, 2.75) is 6.04 Å². The molecule has 2 atom stereocenters. The maximum absolute atomic E-state index is 15.3. The molecule has 1 saturated heterocycles. The van der Waals surface area contributed by atoms with Gasteiger partial charge in [0, 0.05) is 23.0 Å². The van der Waals surface area contributed by atoms with Crippen LogP contribution in [0.3, 0.4) is 0 Å². The fourth-order valence-electron chi connectivity index (χ4n) is 4.30. The van der Waals surface area contributed by atoms with E-state index < -0.39 is 55.9 Å². The molecule has 1 fully saturated rings. The fraction of sp³-hybridized carbons (Fsp3) is 0.231. The van der Waals surface area contributed by atoms with Crippen LogP contribution in [0.2, 0.25) is 5.02 Å². The number of aliphatic hydroxyl groups is 1. The van der Waals surface area contributed by atoms with Crippen molar-refractivity contribution < 1.29 is 27.9 Å². The number of hydrogen-bond donors (Lipinski definition) is 3. The predicted octanol–water partition coefficient (Wildman–Crippen LogP) is 4.94. The molecule has 1 heterocycles. The molecule has 37 heavy (non-hydrogen) atoms. The summed E-state index contributed by atoms with van der Waals surface area (Å²) >= 11 is 5.71. The number of urea groups is 1. The van der Waals surface area contributed by atoms with Crippen molar-refractivity contribution >= 4 is 48.1 Å². The van der Waals surface area contributed by atoms with Gasteiger partial charge >= 0.3 is 6.03 Å². The highest BCUT2D eigenvalue weighted by atomic mass is 35.5. The van der Waals surface area contributed by atoms with E-state index >= 15 is 8.78 Å². The number of halogens is 4. The smallest absolute Gasteiger partial charge is 0.319 e. The van der Waals surface area contributed by atoms with Gasteiger partial charge in [-0.2, -0.15) is 0 Å². The molecule has 1 aliphatic rings. The van der Waals surface area contributed by atoms with Crippen LogP contribution in [0.15, 0.2) is 54.6 Å². The van der Waals surface area contributed by atoms with Gasteiger partial charge in [0.25, 0.3) is 0 Å². The van der Waals surface area contributed by atoms with Crippen molar-refractivity contribution in [2.24, 2.45) is 5.92 Å². The van der Waals surface area contributed by atoms with Crippen molar-refractivity contribution in [1.82, 2.24) is 5.32 Å². The van der Waals surface area contributed by atoms with E-state index in [4.69, 9.17) is 11.6 Å². The summed E-state index contributed by atoms with van der Waals surface area (Å²) in [5.74, 6) is -4.62. The molecule has 4 rings (SSSR count). The summed E-state index contributed by atoms with van der Waals surface area (Å²) in [5.41, 5.74) is 0.188. The van der Waals surface area contributed by atoms with Crippen LogP contribution in [0, 0.1) is 23.4 Å². The summed E-state index contributed by atoms with van der Waals surface area (Å²) in [6.45, 7) is 3.37. The van der Waals surface area contributed by atoms with Crippen LogP contribution in [-0.4, -0.2) is 49.6 Å². The zero-order valence-corrected chi connectivity index (χ0v) is 21.6. The minimum atomic E-state index is -1.24. The zero-order valence-electron chi connectivity index (χ0n) is 19.9. The first-order valence-corrected chi connectivity index (χ1v) is 13.9. The lowest BCUT2D eigenvalue weighted by Crippen LogP contribution is -2.46. The highest BCUT2D eigenvalue weighted by molar-refractivity contribution is 7.64. The molecule has 3 aromatic rings. The molecule has 2 unspecified atom stereocenters. The molecule has 0 aliphatic carbocycles. The third kappa shape index (κ3) is 5.44. The third-order valence-corrected chi connectivity index (χ3v) is 7.74. The average Bonchev–Trinajstić information content (AvgIpc) is 3.17. The summed E-state index contributed by atoms with van der Waals surface area (Å²) in [6.07, 6.45) is 0. The normalized spacial score (nSPS) is 17.4. The molecule has 6 nitrogen and oxygen atoms in total. The summed E-state index contributed by atoms with van der Waals surface area (Å²) in [5, 5.41) is 15.5. The first-order chi connectivity index (χ1) is 17.6. The second-order valence-corrected chi connectivity index (χ2v) is 11.5. The van der Waals surface area contributed by atoms with E-state index in [-0.39, 0.29) is 28.5 Å². The predicted molar refractivity (Wildman–Crippen MR) is 140 cm³/mol. The van der Waals surface area contributed by atoms with Gasteiger partial charge in [-0.15, -0.1) is 0 Å². The minimum Gasteiger partial charge on any atom is -0.396 e. The molecular formula is C26H24ClF3N3O3P.